The Morgan fingerprint density at radius 2 is 2.20 bits per heavy atom. The van der Waals surface area contributed by atoms with Gasteiger partial charge in [0.2, 0.25) is 0 Å². The van der Waals surface area contributed by atoms with Crippen LogP contribution in [0.25, 0.3) is 10.9 Å². The molecule has 2 heteroatoms. The molecule has 0 fully saturated rings. The van der Waals surface area contributed by atoms with Crippen LogP contribution in [0, 0.1) is 0 Å². The van der Waals surface area contributed by atoms with E-state index in [0.717, 1.165) is 23.8 Å². The summed E-state index contributed by atoms with van der Waals surface area (Å²) in [5.41, 5.74) is 3.15. The highest BCUT2D eigenvalue weighted by Crippen LogP contribution is 2.18. The molecule has 1 heterocycles. The number of hydrogen-bond acceptors (Lipinski definition) is 1. The van der Waals surface area contributed by atoms with E-state index in [9.17, 15) is 4.79 Å². The van der Waals surface area contributed by atoms with Crippen LogP contribution in [0.4, 0.5) is 0 Å². The molecule has 0 aliphatic carbocycles. The molecule has 0 bridgehead atoms. The fourth-order valence-electron chi connectivity index (χ4n) is 1.62. The third kappa shape index (κ3) is 1.99. The average Bonchev–Trinajstić information content (AvgIpc) is 2.69. The molecular formula is C13H13NO. The van der Waals surface area contributed by atoms with E-state index < -0.39 is 0 Å². The Hall–Kier alpha value is -1.83. The van der Waals surface area contributed by atoms with E-state index in [4.69, 9.17) is 0 Å². The van der Waals surface area contributed by atoms with Gasteiger partial charge in [-0.05, 0) is 30.5 Å². The Kier molecular flexibility index (Phi) is 2.68. The molecular weight excluding hydrogens is 186 g/mol. The van der Waals surface area contributed by atoms with Crippen LogP contribution in [0.3, 0.4) is 0 Å². The Labute approximate surface area is 88.6 Å². The van der Waals surface area contributed by atoms with Crippen molar-refractivity contribution in [3.63, 3.8) is 0 Å². The minimum absolute atomic E-state index is 0.778. The van der Waals surface area contributed by atoms with Gasteiger partial charge in [0.05, 0.1) is 0 Å². The van der Waals surface area contributed by atoms with Crippen LogP contribution < -0.4 is 0 Å². The van der Waals surface area contributed by atoms with Crippen molar-refractivity contribution >= 4 is 17.2 Å². The molecule has 1 aromatic heterocycles. The van der Waals surface area contributed by atoms with Gasteiger partial charge < -0.3 is 4.98 Å². The lowest BCUT2D eigenvalue weighted by atomic mass is 10.1. The normalized spacial score (nSPS) is 11.9. The summed E-state index contributed by atoms with van der Waals surface area (Å²) in [5.74, 6) is 0. The Morgan fingerprint density at radius 1 is 1.40 bits per heavy atom. The van der Waals surface area contributed by atoms with Gasteiger partial charge in [-0.1, -0.05) is 24.3 Å². The molecule has 0 spiro atoms. The first-order valence-electron chi connectivity index (χ1n) is 4.98. The lowest BCUT2D eigenvalue weighted by Gasteiger charge is -1.94. The maximum Gasteiger partial charge on any atom is 0.145 e. The molecule has 0 unspecified atom stereocenters. The van der Waals surface area contributed by atoms with Crippen LogP contribution >= 0.6 is 0 Å². The molecule has 15 heavy (non-hydrogen) atoms. The van der Waals surface area contributed by atoms with Crippen LogP contribution in [0.15, 0.2) is 42.1 Å². The molecule has 0 radical (unpaired) electrons. The summed E-state index contributed by atoms with van der Waals surface area (Å²) in [5, 5.41) is 1.23. The van der Waals surface area contributed by atoms with Crippen molar-refractivity contribution in [2.24, 2.45) is 0 Å². The third-order valence-electron chi connectivity index (χ3n) is 2.50. The second-order valence-electron chi connectivity index (χ2n) is 3.63. The van der Waals surface area contributed by atoms with Gasteiger partial charge in [-0.15, -0.1) is 0 Å². The number of aromatic amines is 1. The SMILES string of the molecule is CC(C=O)=CCc1c[nH]c2ccccc12. The van der Waals surface area contributed by atoms with Gasteiger partial charge in [-0.2, -0.15) is 0 Å². The van der Waals surface area contributed by atoms with Gasteiger partial charge >= 0.3 is 0 Å². The van der Waals surface area contributed by atoms with Crippen molar-refractivity contribution in [1.29, 1.82) is 0 Å². The average molecular weight is 199 g/mol. The molecule has 0 aliphatic heterocycles. The van der Waals surface area contributed by atoms with E-state index >= 15 is 0 Å². The molecule has 2 rings (SSSR count). The van der Waals surface area contributed by atoms with Crippen LogP contribution in [0.2, 0.25) is 0 Å². The van der Waals surface area contributed by atoms with Crippen LogP contribution in [-0.2, 0) is 11.2 Å². The second-order valence-corrected chi connectivity index (χ2v) is 3.63. The number of aromatic nitrogens is 1. The number of allylic oxidation sites excluding steroid dienone is 2. The molecule has 0 atom stereocenters. The standard InChI is InChI=1S/C13H13NO/c1-10(9-15)6-7-11-8-14-13-5-3-2-4-12(11)13/h2-6,8-9,14H,7H2,1H3. The summed E-state index contributed by atoms with van der Waals surface area (Å²) in [7, 11) is 0. The number of para-hydroxylation sites is 1. The molecule has 76 valence electrons. The Morgan fingerprint density at radius 3 is 3.00 bits per heavy atom. The number of benzene rings is 1. The summed E-state index contributed by atoms with van der Waals surface area (Å²) in [6.07, 6.45) is 5.63. The van der Waals surface area contributed by atoms with E-state index in [2.05, 4.69) is 17.1 Å². The first-order chi connectivity index (χ1) is 7.31. The highest BCUT2D eigenvalue weighted by molar-refractivity contribution is 5.83. The maximum atomic E-state index is 10.5. The number of nitrogens with one attached hydrogen (secondary N) is 1. The smallest absolute Gasteiger partial charge is 0.145 e. The molecule has 1 N–H and O–H groups in total. The van der Waals surface area contributed by atoms with Crippen molar-refractivity contribution in [2.75, 3.05) is 0 Å². The monoisotopic (exact) mass is 199 g/mol. The number of rotatable bonds is 3. The number of carbonyl (C=O) groups excluding carboxylic acids is 1. The summed E-state index contributed by atoms with van der Waals surface area (Å²) in [6, 6.07) is 8.17. The molecule has 0 aliphatic rings. The van der Waals surface area contributed by atoms with E-state index in [1.54, 1.807) is 0 Å². The number of hydrogen-bond donors (Lipinski definition) is 1. The molecule has 2 aromatic rings. The summed E-state index contributed by atoms with van der Waals surface area (Å²) in [4.78, 5) is 13.7. The van der Waals surface area contributed by atoms with Gasteiger partial charge in [0.15, 0.2) is 0 Å². The minimum atomic E-state index is 0.778. The zero-order valence-corrected chi connectivity index (χ0v) is 8.66. The largest absolute Gasteiger partial charge is 0.361 e. The summed E-state index contributed by atoms with van der Waals surface area (Å²) < 4.78 is 0. The predicted molar refractivity (Wildman–Crippen MR) is 61.8 cm³/mol. The van der Waals surface area contributed by atoms with Gasteiger partial charge in [-0.25, -0.2) is 0 Å². The van der Waals surface area contributed by atoms with Crippen molar-refractivity contribution in [1.82, 2.24) is 4.98 Å². The van der Waals surface area contributed by atoms with Crippen molar-refractivity contribution in [3.8, 4) is 0 Å². The molecule has 2 nitrogen and oxygen atoms in total. The number of fused-ring (bicyclic) bond motifs is 1. The van der Waals surface area contributed by atoms with Crippen molar-refractivity contribution in [3.05, 3.63) is 47.7 Å². The fraction of sp³-hybridized carbons (Fsp3) is 0.154. The zero-order chi connectivity index (χ0) is 10.7. The molecule has 0 saturated carbocycles. The second kappa shape index (κ2) is 4.13. The lowest BCUT2D eigenvalue weighted by molar-refractivity contribution is -0.104. The first kappa shape index (κ1) is 9.71. The molecule has 1 aromatic carbocycles. The summed E-state index contributed by atoms with van der Waals surface area (Å²) >= 11 is 0. The maximum absolute atomic E-state index is 10.5. The fourth-order valence-corrected chi connectivity index (χ4v) is 1.62. The predicted octanol–water partition coefficient (Wildman–Crippen LogP) is 2.86. The topological polar surface area (TPSA) is 32.9 Å². The number of H-pyrrole nitrogens is 1. The first-order valence-corrected chi connectivity index (χ1v) is 4.98. The molecule has 0 saturated heterocycles. The highest BCUT2D eigenvalue weighted by Gasteiger charge is 2.00. The Bertz CT molecular complexity index is 508. The van der Waals surface area contributed by atoms with Crippen molar-refractivity contribution < 1.29 is 4.79 Å². The quantitative estimate of drug-likeness (QED) is 0.598. The summed E-state index contributed by atoms with van der Waals surface area (Å²) in [6.45, 7) is 1.82. The van der Waals surface area contributed by atoms with Crippen LogP contribution in [0.5, 0.6) is 0 Å². The minimum Gasteiger partial charge on any atom is -0.361 e. The van der Waals surface area contributed by atoms with Gasteiger partial charge in [0.1, 0.15) is 6.29 Å². The van der Waals surface area contributed by atoms with Crippen molar-refractivity contribution in [2.45, 2.75) is 13.3 Å². The van der Waals surface area contributed by atoms with E-state index in [0.29, 0.717) is 0 Å². The van der Waals surface area contributed by atoms with Gasteiger partial charge in [-0.3, -0.25) is 4.79 Å². The van der Waals surface area contributed by atoms with Crippen LogP contribution in [0.1, 0.15) is 12.5 Å². The number of aldehydes is 1. The lowest BCUT2D eigenvalue weighted by Crippen LogP contribution is -1.81. The van der Waals surface area contributed by atoms with E-state index in [1.165, 1.54) is 10.9 Å². The third-order valence-corrected chi connectivity index (χ3v) is 2.50. The van der Waals surface area contributed by atoms with Gasteiger partial charge in [0, 0.05) is 17.1 Å². The highest BCUT2D eigenvalue weighted by atomic mass is 16.1. The van der Waals surface area contributed by atoms with E-state index in [1.807, 2.05) is 31.3 Å². The Balaban J connectivity index is 2.33. The van der Waals surface area contributed by atoms with Crippen LogP contribution in [-0.4, -0.2) is 11.3 Å². The van der Waals surface area contributed by atoms with Gasteiger partial charge in [0.25, 0.3) is 0 Å². The zero-order valence-electron chi connectivity index (χ0n) is 8.66. The number of carbonyl (C=O) groups is 1. The van der Waals surface area contributed by atoms with E-state index in [-0.39, 0.29) is 0 Å². The molecule has 0 amide bonds.